The van der Waals surface area contributed by atoms with E-state index in [1.165, 1.54) is 0 Å². The molecule has 1 atom stereocenters. The highest BCUT2D eigenvalue weighted by atomic mass is 16.5. The topological polar surface area (TPSA) is 91.3 Å². The molecule has 1 unspecified atom stereocenters. The number of amides is 1. The van der Waals surface area contributed by atoms with Crippen molar-refractivity contribution in [2.45, 2.75) is 12.3 Å². The van der Waals surface area contributed by atoms with Crippen molar-refractivity contribution in [3.63, 3.8) is 0 Å². The third-order valence-electron chi connectivity index (χ3n) is 5.66. The predicted octanol–water partition coefficient (Wildman–Crippen LogP) is 2.64. The molecule has 2 heterocycles. The van der Waals surface area contributed by atoms with Crippen LogP contribution in [0.5, 0.6) is 5.75 Å². The van der Waals surface area contributed by atoms with Crippen LogP contribution in [0.1, 0.15) is 23.5 Å². The van der Waals surface area contributed by atoms with E-state index in [4.69, 9.17) is 19.4 Å². The molecule has 4 rings (SSSR count). The van der Waals surface area contributed by atoms with Crippen molar-refractivity contribution >= 4 is 23.8 Å². The average molecular weight is 442 g/mol. The monoisotopic (exact) mass is 441 g/mol. The van der Waals surface area contributed by atoms with Crippen molar-refractivity contribution in [2.24, 2.45) is 0 Å². The maximum absolute atomic E-state index is 12.4. The van der Waals surface area contributed by atoms with Gasteiger partial charge in [-0.25, -0.2) is 0 Å². The van der Waals surface area contributed by atoms with E-state index in [1.807, 2.05) is 43.3 Å². The van der Waals surface area contributed by atoms with Crippen LogP contribution < -0.4 is 15.0 Å². The third-order valence-corrected chi connectivity index (χ3v) is 5.66. The van der Waals surface area contributed by atoms with E-state index in [1.54, 1.807) is 0 Å². The van der Waals surface area contributed by atoms with E-state index in [9.17, 15) is 4.79 Å². The molecular weight excluding hydrogens is 410 g/mol. The summed E-state index contributed by atoms with van der Waals surface area (Å²) in [5.41, 5.74) is 4.17. The van der Waals surface area contributed by atoms with Gasteiger partial charge in [0.2, 0.25) is 5.91 Å². The second kappa shape index (κ2) is 11.5. The fourth-order valence-electron chi connectivity index (χ4n) is 4.02. The summed E-state index contributed by atoms with van der Waals surface area (Å²) in [5.74, 6) is 0.902. The normalized spacial score (nSPS) is 17.9. The molecule has 2 aliphatic heterocycles. The van der Waals surface area contributed by atoms with Crippen molar-refractivity contribution in [2.75, 3.05) is 63.8 Å². The number of carbonyl (C=O) groups is 2. The molecule has 32 heavy (non-hydrogen) atoms. The van der Waals surface area contributed by atoms with E-state index < -0.39 is 0 Å². The molecule has 0 radical (unpaired) electrons. The number of nitrogens with one attached hydrogen (secondary N) is 1. The molecule has 0 bridgehead atoms. The zero-order valence-electron chi connectivity index (χ0n) is 18.6. The van der Waals surface area contributed by atoms with Gasteiger partial charge in [-0.2, -0.15) is 0 Å². The van der Waals surface area contributed by atoms with E-state index >= 15 is 0 Å². The summed E-state index contributed by atoms with van der Waals surface area (Å²) < 4.78 is 11.6. The van der Waals surface area contributed by atoms with Crippen LogP contribution in [-0.4, -0.2) is 75.9 Å². The molecule has 172 valence electrons. The lowest BCUT2D eigenvalue weighted by Crippen LogP contribution is -2.38. The molecule has 1 amide bonds. The number of para-hydroxylation sites is 1. The van der Waals surface area contributed by atoms with Crippen LogP contribution in [0.4, 0.5) is 11.4 Å². The Morgan fingerprint density at radius 1 is 1.19 bits per heavy atom. The van der Waals surface area contributed by atoms with Crippen molar-refractivity contribution in [3.05, 3.63) is 53.6 Å². The summed E-state index contributed by atoms with van der Waals surface area (Å²) in [7, 11) is 4.00. The minimum absolute atomic E-state index is 0.00505. The summed E-state index contributed by atoms with van der Waals surface area (Å²) in [6, 6.07) is 14.4. The zero-order valence-corrected chi connectivity index (χ0v) is 18.6. The number of hydrogen-bond acceptors (Lipinski definition) is 6. The van der Waals surface area contributed by atoms with Crippen LogP contribution in [0.15, 0.2) is 42.5 Å². The summed E-state index contributed by atoms with van der Waals surface area (Å²) in [6.45, 7) is 4.75. The SMILES string of the molecule is CN(C)c1ccc2c(c1)NC(=O)CC2c1ccccc1OCCN1CCOCC1.O=CO. The lowest BCUT2D eigenvalue weighted by atomic mass is 9.84. The van der Waals surface area contributed by atoms with Gasteiger partial charge in [0.1, 0.15) is 12.4 Å². The molecule has 8 nitrogen and oxygen atoms in total. The van der Waals surface area contributed by atoms with Gasteiger partial charge in [0.25, 0.3) is 6.47 Å². The second-order valence-corrected chi connectivity index (χ2v) is 7.92. The van der Waals surface area contributed by atoms with Crippen LogP contribution in [0.2, 0.25) is 0 Å². The second-order valence-electron chi connectivity index (χ2n) is 7.92. The molecule has 8 heteroatoms. The highest BCUT2D eigenvalue weighted by Gasteiger charge is 2.29. The standard InChI is InChI=1S/C23H29N3O3.CH2O2/c1-25(2)17-7-8-18-20(16-23(27)24-21(18)15-17)19-5-3-4-6-22(19)29-14-11-26-9-12-28-13-10-26;2-1-3/h3-8,15,20H,9-14,16H2,1-2H3,(H,24,27);1H,(H,2,3). The molecule has 0 spiro atoms. The Balaban J connectivity index is 0.000000913. The number of hydrogen-bond donors (Lipinski definition) is 2. The lowest BCUT2D eigenvalue weighted by Gasteiger charge is -2.29. The van der Waals surface area contributed by atoms with Gasteiger partial charge < -0.3 is 24.8 Å². The Kier molecular flexibility index (Phi) is 8.47. The molecule has 0 saturated carbocycles. The Labute approximate surface area is 188 Å². The quantitative estimate of drug-likeness (QED) is 0.666. The highest BCUT2D eigenvalue weighted by Crippen LogP contribution is 2.41. The van der Waals surface area contributed by atoms with Crippen LogP contribution in [-0.2, 0) is 14.3 Å². The number of carboxylic acid groups (broad SMARTS) is 1. The van der Waals surface area contributed by atoms with Gasteiger partial charge >= 0.3 is 0 Å². The number of benzene rings is 2. The first kappa shape index (κ1) is 23.6. The number of rotatable bonds is 6. The summed E-state index contributed by atoms with van der Waals surface area (Å²) in [4.78, 5) is 25.2. The summed E-state index contributed by atoms with van der Waals surface area (Å²) in [6.07, 6.45) is 0.429. The van der Waals surface area contributed by atoms with Gasteiger partial charge in [0.05, 0.1) is 13.2 Å². The minimum atomic E-state index is -0.250. The van der Waals surface area contributed by atoms with Crippen LogP contribution in [0.3, 0.4) is 0 Å². The smallest absolute Gasteiger partial charge is 0.290 e. The average Bonchev–Trinajstić information content (AvgIpc) is 2.79. The van der Waals surface area contributed by atoms with Crippen LogP contribution in [0, 0.1) is 0 Å². The fraction of sp³-hybridized carbons (Fsp3) is 0.417. The van der Waals surface area contributed by atoms with E-state index in [-0.39, 0.29) is 18.3 Å². The zero-order chi connectivity index (χ0) is 22.9. The van der Waals surface area contributed by atoms with E-state index in [2.05, 4.69) is 28.4 Å². The Morgan fingerprint density at radius 2 is 1.91 bits per heavy atom. The van der Waals surface area contributed by atoms with Crippen molar-refractivity contribution in [1.29, 1.82) is 0 Å². The molecule has 1 fully saturated rings. The molecule has 2 aromatic rings. The first-order valence-electron chi connectivity index (χ1n) is 10.7. The maximum Gasteiger partial charge on any atom is 0.290 e. The number of morpholine rings is 1. The van der Waals surface area contributed by atoms with Crippen molar-refractivity contribution in [3.8, 4) is 5.75 Å². The number of fused-ring (bicyclic) bond motifs is 1. The van der Waals surface area contributed by atoms with Gasteiger partial charge in [-0.1, -0.05) is 24.3 Å². The maximum atomic E-state index is 12.4. The molecule has 2 aromatic carbocycles. The summed E-state index contributed by atoms with van der Waals surface area (Å²) in [5, 5.41) is 9.92. The Bertz CT molecular complexity index is 912. The van der Waals surface area contributed by atoms with Crippen molar-refractivity contribution < 1.29 is 24.2 Å². The minimum Gasteiger partial charge on any atom is -0.492 e. The van der Waals surface area contributed by atoms with Gasteiger partial charge in [0, 0.05) is 63.0 Å². The van der Waals surface area contributed by atoms with Gasteiger partial charge in [-0.05, 0) is 23.8 Å². The Hall–Kier alpha value is -3.10. The first-order chi connectivity index (χ1) is 15.5. The molecule has 2 aliphatic rings. The van der Waals surface area contributed by atoms with Crippen molar-refractivity contribution in [1.82, 2.24) is 4.90 Å². The fourth-order valence-corrected chi connectivity index (χ4v) is 4.02. The lowest BCUT2D eigenvalue weighted by molar-refractivity contribution is -0.123. The number of ether oxygens (including phenoxy) is 2. The first-order valence-corrected chi connectivity index (χ1v) is 10.7. The molecule has 1 saturated heterocycles. The van der Waals surface area contributed by atoms with Gasteiger partial charge in [-0.3, -0.25) is 14.5 Å². The number of nitrogens with zero attached hydrogens (tertiary/aromatic N) is 2. The largest absolute Gasteiger partial charge is 0.492 e. The van der Waals surface area contributed by atoms with Crippen LogP contribution in [0.25, 0.3) is 0 Å². The third kappa shape index (κ3) is 5.99. The van der Waals surface area contributed by atoms with E-state index in [0.717, 1.165) is 61.1 Å². The van der Waals surface area contributed by atoms with E-state index in [0.29, 0.717) is 13.0 Å². The molecular formula is C24H31N3O5. The summed E-state index contributed by atoms with van der Waals surface area (Å²) >= 11 is 0. The van der Waals surface area contributed by atoms with Crippen LogP contribution >= 0.6 is 0 Å². The molecule has 0 aromatic heterocycles. The van der Waals surface area contributed by atoms with Gasteiger partial charge in [0.15, 0.2) is 0 Å². The Morgan fingerprint density at radius 3 is 2.62 bits per heavy atom. The predicted molar refractivity (Wildman–Crippen MR) is 124 cm³/mol. The number of anilines is 2. The van der Waals surface area contributed by atoms with Gasteiger partial charge in [-0.15, -0.1) is 0 Å². The molecule has 0 aliphatic carbocycles. The number of carbonyl (C=O) groups excluding carboxylic acids is 1. The molecule has 2 N–H and O–H groups in total. The highest BCUT2D eigenvalue weighted by molar-refractivity contribution is 5.96.